The third kappa shape index (κ3) is 4.26. The maximum Gasteiger partial charge on any atom is 0.279 e. The predicted octanol–water partition coefficient (Wildman–Crippen LogP) is 2.69. The molecule has 0 aliphatic carbocycles. The fourth-order valence-corrected chi connectivity index (χ4v) is 4.04. The van der Waals surface area contributed by atoms with E-state index in [0.29, 0.717) is 24.0 Å². The van der Waals surface area contributed by atoms with E-state index >= 15 is 0 Å². The average Bonchev–Trinajstić information content (AvgIpc) is 3.27. The van der Waals surface area contributed by atoms with E-state index in [9.17, 15) is 9.59 Å². The summed E-state index contributed by atoms with van der Waals surface area (Å²) in [4.78, 5) is 32.1. The molecule has 2 amide bonds. The minimum absolute atomic E-state index is 0.0471. The van der Waals surface area contributed by atoms with Gasteiger partial charge in [0.05, 0.1) is 12.2 Å². The lowest BCUT2D eigenvalue weighted by molar-refractivity contribution is -0.117. The van der Waals surface area contributed by atoms with Gasteiger partial charge in [0.25, 0.3) is 5.91 Å². The molecule has 0 saturated carbocycles. The molecule has 1 aromatic carbocycles. The lowest BCUT2D eigenvalue weighted by Gasteiger charge is -2.25. The Morgan fingerprint density at radius 3 is 2.82 bits per heavy atom. The van der Waals surface area contributed by atoms with Crippen molar-refractivity contribution in [2.24, 2.45) is 0 Å². The molecule has 144 valence electrons. The Hall–Kier alpha value is -3.04. The van der Waals surface area contributed by atoms with Crippen molar-refractivity contribution in [3.63, 3.8) is 0 Å². The summed E-state index contributed by atoms with van der Waals surface area (Å²) in [7, 11) is 0. The van der Waals surface area contributed by atoms with Gasteiger partial charge in [-0.05, 0) is 19.1 Å². The summed E-state index contributed by atoms with van der Waals surface area (Å²) in [6.45, 7) is 3.42. The molecule has 0 saturated heterocycles. The van der Waals surface area contributed by atoms with Gasteiger partial charge in [0.1, 0.15) is 5.76 Å². The van der Waals surface area contributed by atoms with E-state index < -0.39 is 0 Å². The van der Waals surface area contributed by atoms with E-state index in [1.54, 1.807) is 13.0 Å². The summed E-state index contributed by atoms with van der Waals surface area (Å²) in [6, 6.07) is 11.0. The molecule has 0 bridgehead atoms. The number of nitrogens with one attached hydrogen (secondary N) is 2. The molecule has 1 aliphatic rings. The Balaban J connectivity index is 1.35. The van der Waals surface area contributed by atoms with Gasteiger partial charge in [-0.3, -0.25) is 19.8 Å². The lowest BCUT2D eigenvalue weighted by Crippen LogP contribution is -2.36. The second kappa shape index (κ2) is 7.91. The molecule has 0 atom stereocenters. The Morgan fingerprint density at radius 2 is 2.07 bits per heavy atom. The first-order valence-electron chi connectivity index (χ1n) is 8.87. The van der Waals surface area contributed by atoms with Crippen molar-refractivity contribution in [2.75, 3.05) is 23.7 Å². The van der Waals surface area contributed by atoms with Gasteiger partial charge in [-0.1, -0.05) is 23.4 Å². The maximum absolute atomic E-state index is 12.3. The first-order chi connectivity index (χ1) is 13.6. The van der Waals surface area contributed by atoms with E-state index in [4.69, 9.17) is 4.52 Å². The summed E-state index contributed by atoms with van der Waals surface area (Å²) in [5.74, 6) is 0.184. The van der Waals surface area contributed by atoms with E-state index in [-0.39, 0.29) is 17.5 Å². The molecular weight excluding hydrogens is 378 g/mol. The van der Waals surface area contributed by atoms with Gasteiger partial charge in [-0.15, -0.1) is 11.3 Å². The van der Waals surface area contributed by atoms with Crippen molar-refractivity contribution in [3.05, 3.63) is 58.4 Å². The molecule has 0 radical (unpaired) electrons. The summed E-state index contributed by atoms with van der Waals surface area (Å²) in [6.07, 6.45) is 0.739. The van der Waals surface area contributed by atoms with Crippen molar-refractivity contribution in [1.82, 2.24) is 15.0 Å². The van der Waals surface area contributed by atoms with Gasteiger partial charge in [0, 0.05) is 36.1 Å². The zero-order valence-electron chi connectivity index (χ0n) is 15.3. The third-order valence-corrected chi connectivity index (χ3v) is 5.31. The van der Waals surface area contributed by atoms with E-state index in [1.807, 2.05) is 30.3 Å². The number of rotatable bonds is 5. The number of aryl methyl sites for hydroxylation is 1. The molecule has 2 N–H and O–H groups in total. The second-order valence-corrected chi connectivity index (χ2v) is 7.62. The number of hydrogen-bond acceptors (Lipinski definition) is 7. The molecule has 1 aliphatic heterocycles. The van der Waals surface area contributed by atoms with Crippen LogP contribution >= 0.6 is 11.3 Å². The smallest absolute Gasteiger partial charge is 0.279 e. The zero-order chi connectivity index (χ0) is 19.5. The minimum atomic E-state index is -0.345. The Bertz CT molecular complexity index is 998. The highest BCUT2D eigenvalue weighted by Crippen LogP contribution is 2.28. The number of benzene rings is 1. The van der Waals surface area contributed by atoms with Crippen molar-refractivity contribution in [1.29, 1.82) is 0 Å². The molecule has 8 nitrogen and oxygen atoms in total. The molecule has 0 unspecified atom stereocenters. The quantitative estimate of drug-likeness (QED) is 0.687. The number of nitrogens with zero attached hydrogens (tertiary/aromatic N) is 3. The van der Waals surface area contributed by atoms with Crippen LogP contribution in [0.4, 0.5) is 10.8 Å². The molecular formula is C19H19N5O3S. The Kier molecular flexibility index (Phi) is 5.18. The zero-order valence-corrected chi connectivity index (χ0v) is 16.1. The van der Waals surface area contributed by atoms with Gasteiger partial charge in [-0.2, -0.15) is 0 Å². The number of carbonyl (C=O) groups excluding carboxylic acids is 2. The number of aromatic nitrogens is 2. The highest BCUT2D eigenvalue weighted by atomic mass is 32.1. The minimum Gasteiger partial charge on any atom is -0.361 e. The molecule has 4 rings (SSSR count). The van der Waals surface area contributed by atoms with Gasteiger partial charge < -0.3 is 9.84 Å². The van der Waals surface area contributed by atoms with Crippen LogP contribution in [0.5, 0.6) is 0 Å². The lowest BCUT2D eigenvalue weighted by atomic mass is 10.2. The summed E-state index contributed by atoms with van der Waals surface area (Å²) in [5, 5.41) is 9.91. The molecule has 3 aromatic rings. The molecule has 2 aromatic heterocycles. The van der Waals surface area contributed by atoms with Gasteiger partial charge in [0.15, 0.2) is 10.8 Å². The van der Waals surface area contributed by atoms with Crippen LogP contribution in [0, 0.1) is 6.92 Å². The normalized spacial score (nSPS) is 13.8. The maximum atomic E-state index is 12.3. The summed E-state index contributed by atoms with van der Waals surface area (Å²) < 4.78 is 4.93. The number of anilines is 2. The van der Waals surface area contributed by atoms with Gasteiger partial charge >= 0.3 is 0 Å². The van der Waals surface area contributed by atoms with E-state index in [2.05, 4.69) is 25.7 Å². The predicted molar refractivity (Wildman–Crippen MR) is 105 cm³/mol. The van der Waals surface area contributed by atoms with Crippen LogP contribution in [0.25, 0.3) is 0 Å². The van der Waals surface area contributed by atoms with Crippen molar-refractivity contribution in [3.8, 4) is 0 Å². The van der Waals surface area contributed by atoms with Crippen LogP contribution in [0.3, 0.4) is 0 Å². The van der Waals surface area contributed by atoms with Crippen LogP contribution in [0.2, 0.25) is 0 Å². The first-order valence-corrected chi connectivity index (χ1v) is 9.69. The fraction of sp³-hybridized carbons (Fsp3) is 0.263. The van der Waals surface area contributed by atoms with Crippen LogP contribution in [0.1, 0.15) is 26.8 Å². The van der Waals surface area contributed by atoms with Crippen molar-refractivity contribution < 1.29 is 14.1 Å². The summed E-state index contributed by atoms with van der Waals surface area (Å²) in [5.41, 5.74) is 1.98. The molecule has 3 heterocycles. The van der Waals surface area contributed by atoms with Crippen LogP contribution in [0.15, 0.2) is 40.9 Å². The summed E-state index contributed by atoms with van der Waals surface area (Å²) >= 11 is 1.43. The number of carbonyl (C=O) groups is 2. The van der Waals surface area contributed by atoms with Crippen LogP contribution in [-0.2, 0) is 17.8 Å². The monoisotopic (exact) mass is 397 g/mol. The third-order valence-electron chi connectivity index (χ3n) is 4.32. The second-order valence-electron chi connectivity index (χ2n) is 6.54. The highest BCUT2D eigenvalue weighted by Gasteiger charge is 2.23. The standard InChI is InChI=1S/C19H19N5O3S/c1-12-9-15(23-27-12)18(26)22-19-21-14-7-8-24(10-16(14)28-19)11-17(25)20-13-5-3-2-4-6-13/h2-6,9H,7-8,10-11H2,1H3,(H,20,25)(H,21,22,26). The Labute approximate surface area is 165 Å². The molecule has 28 heavy (non-hydrogen) atoms. The van der Waals surface area contributed by atoms with Gasteiger partial charge in [-0.25, -0.2) is 4.98 Å². The van der Waals surface area contributed by atoms with E-state index in [0.717, 1.165) is 29.2 Å². The average molecular weight is 397 g/mol. The van der Waals surface area contributed by atoms with Crippen molar-refractivity contribution in [2.45, 2.75) is 19.9 Å². The number of amides is 2. The van der Waals surface area contributed by atoms with Crippen molar-refractivity contribution >= 4 is 34.0 Å². The number of para-hydroxylation sites is 1. The Morgan fingerprint density at radius 1 is 1.25 bits per heavy atom. The highest BCUT2D eigenvalue weighted by molar-refractivity contribution is 7.15. The SMILES string of the molecule is Cc1cc(C(=O)Nc2nc3c(s2)CN(CC(=O)Nc2ccccc2)CC3)no1. The molecule has 0 fully saturated rings. The molecule has 0 spiro atoms. The first kappa shape index (κ1) is 18.3. The van der Waals surface area contributed by atoms with Gasteiger partial charge in [0.2, 0.25) is 5.91 Å². The number of hydrogen-bond donors (Lipinski definition) is 2. The van der Waals surface area contributed by atoms with E-state index in [1.165, 1.54) is 11.3 Å². The van der Waals surface area contributed by atoms with Crippen LogP contribution in [-0.4, -0.2) is 39.9 Å². The topological polar surface area (TPSA) is 100 Å². The fourth-order valence-electron chi connectivity index (χ4n) is 3.00. The molecule has 9 heteroatoms. The van der Waals surface area contributed by atoms with Crippen LogP contribution < -0.4 is 10.6 Å². The number of fused-ring (bicyclic) bond motifs is 1. The number of thiazole rings is 1. The largest absolute Gasteiger partial charge is 0.361 e.